The molecule has 1 aromatic carbocycles. The molecule has 1 aromatic rings. The summed E-state index contributed by atoms with van der Waals surface area (Å²) < 4.78 is 37.7. The van der Waals surface area contributed by atoms with Gasteiger partial charge in [0.2, 0.25) is 0 Å². The molecule has 0 aliphatic rings. The first-order valence-electron chi connectivity index (χ1n) is 4.34. The molecule has 84 valence electrons. The standard InChI is InChI=1S/C11H8F3NO/c12-11(13,14)10-6-8(7-16)3-4-9(10)2-1-5-15/h3-4,6-7H,5,15H2. The van der Waals surface area contributed by atoms with E-state index in [1.807, 2.05) is 0 Å². The number of nitrogens with two attached hydrogens (primary N) is 1. The van der Waals surface area contributed by atoms with E-state index >= 15 is 0 Å². The van der Waals surface area contributed by atoms with Gasteiger partial charge in [-0.2, -0.15) is 13.2 Å². The molecular weight excluding hydrogens is 219 g/mol. The van der Waals surface area contributed by atoms with Crippen molar-refractivity contribution in [2.45, 2.75) is 6.18 Å². The Morgan fingerprint density at radius 3 is 2.56 bits per heavy atom. The fourth-order valence-electron chi connectivity index (χ4n) is 1.12. The summed E-state index contributed by atoms with van der Waals surface area (Å²) in [5.41, 5.74) is 3.95. The second-order valence-electron chi connectivity index (χ2n) is 2.93. The number of halogens is 3. The van der Waals surface area contributed by atoms with E-state index < -0.39 is 11.7 Å². The lowest BCUT2D eigenvalue weighted by molar-refractivity contribution is -0.137. The molecule has 2 N–H and O–H groups in total. The average molecular weight is 227 g/mol. The van der Waals surface area contributed by atoms with Crippen molar-refractivity contribution in [2.24, 2.45) is 5.73 Å². The van der Waals surface area contributed by atoms with Gasteiger partial charge in [-0.3, -0.25) is 4.79 Å². The van der Waals surface area contributed by atoms with Crippen LogP contribution in [0.4, 0.5) is 13.2 Å². The molecule has 0 saturated carbocycles. The smallest absolute Gasteiger partial charge is 0.320 e. The van der Waals surface area contributed by atoms with Crippen LogP contribution >= 0.6 is 0 Å². The normalized spacial score (nSPS) is 10.5. The van der Waals surface area contributed by atoms with Gasteiger partial charge in [0.05, 0.1) is 12.1 Å². The van der Waals surface area contributed by atoms with Crippen LogP contribution in [0.15, 0.2) is 18.2 Å². The first-order valence-corrected chi connectivity index (χ1v) is 4.34. The predicted octanol–water partition coefficient (Wildman–Crippen LogP) is 1.83. The maximum Gasteiger partial charge on any atom is 0.417 e. The van der Waals surface area contributed by atoms with Gasteiger partial charge in [0.15, 0.2) is 0 Å². The third kappa shape index (κ3) is 2.84. The third-order valence-corrected chi connectivity index (χ3v) is 1.81. The van der Waals surface area contributed by atoms with Crippen molar-refractivity contribution in [1.82, 2.24) is 0 Å². The Bertz CT molecular complexity index is 455. The summed E-state index contributed by atoms with van der Waals surface area (Å²) >= 11 is 0. The van der Waals surface area contributed by atoms with E-state index in [0.717, 1.165) is 12.1 Å². The van der Waals surface area contributed by atoms with Gasteiger partial charge in [0.25, 0.3) is 0 Å². The molecule has 0 unspecified atom stereocenters. The lowest BCUT2D eigenvalue weighted by Crippen LogP contribution is -2.08. The van der Waals surface area contributed by atoms with Gasteiger partial charge in [-0.1, -0.05) is 17.9 Å². The van der Waals surface area contributed by atoms with Crippen LogP contribution in [0, 0.1) is 11.8 Å². The molecule has 0 atom stereocenters. The van der Waals surface area contributed by atoms with Gasteiger partial charge in [0, 0.05) is 11.1 Å². The molecule has 0 bridgehead atoms. The van der Waals surface area contributed by atoms with Crippen molar-refractivity contribution in [3.63, 3.8) is 0 Å². The minimum absolute atomic E-state index is 0.0211. The number of hydrogen-bond acceptors (Lipinski definition) is 2. The van der Waals surface area contributed by atoms with Crippen LogP contribution < -0.4 is 5.73 Å². The van der Waals surface area contributed by atoms with Gasteiger partial charge in [-0.25, -0.2) is 0 Å². The molecule has 0 heterocycles. The van der Waals surface area contributed by atoms with E-state index in [9.17, 15) is 18.0 Å². The number of carbonyl (C=O) groups excluding carboxylic acids is 1. The fourth-order valence-corrected chi connectivity index (χ4v) is 1.12. The fraction of sp³-hybridized carbons (Fsp3) is 0.182. The van der Waals surface area contributed by atoms with Crippen LogP contribution in [0.25, 0.3) is 0 Å². The zero-order valence-electron chi connectivity index (χ0n) is 8.14. The summed E-state index contributed by atoms with van der Waals surface area (Å²) in [5.74, 6) is 4.66. The third-order valence-electron chi connectivity index (χ3n) is 1.81. The molecule has 0 fully saturated rings. The number of benzene rings is 1. The largest absolute Gasteiger partial charge is 0.417 e. The van der Waals surface area contributed by atoms with Gasteiger partial charge in [-0.15, -0.1) is 0 Å². The minimum atomic E-state index is -4.53. The Balaban J connectivity index is 3.33. The van der Waals surface area contributed by atoms with Crippen molar-refractivity contribution in [2.75, 3.05) is 6.54 Å². The van der Waals surface area contributed by atoms with Gasteiger partial charge < -0.3 is 5.73 Å². The summed E-state index contributed by atoms with van der Waals surface area (Å²) in [5, 5.41) is 0. The molecule has 0 saturated heterocycles. The SMILES string of the molecule is NCC#Cc1ccc(C=O)cc1C(F)(F)F. The first kappa shape index (κ1) is 12.3. The highest BCUT2D eigenvalue weighted by atomic mass is 19.4. The zero-order chi connectivity index (χ0) is 12.2. The Morgan fingerprint density at radius 2 is 2.06 bits per heavy atom. The average Bonchev–Trinajstić information content (AvgIpc) is 2.25. The monoisotopic (exact) mass is 227 g/mol. The van der Waals surface area contributed by atoms with E-state index in [1.165, 1.54) is 6.07 Å². The zero-order valence-corrected chi connectivity index (χ0v) is 8.14. The van der Waals surface area contributed by atoms with Crippen LogP contribution in [-0.2, 0) is 6.18 Å². The van der Waals surface area contributed by atoms with Crippen LogP contribution in [0.2, 0.25) is 0 Å². The van der Waals surface area contributed by atoms with E-state index in [-0.39, 0.29) is 17.7 Å². The van der Waals surface area contributed by atoms with E-state index in [0.29, 0.717) is 6.29 Å². The highest BCUT2D eigenvalue weighted by molar-refractivity contribution is 5.75. The molecule has 0 radical (unpaired) electrons. The quantitative estimate of drug-likeness (QED) is 0.587. The van der Waals surface area contributed by atoms with Crippen molar-refractivity contribution < 1.29 is 18.0 Å². The van der Waals surface area contributed by atoms with Crippen molar-refractivity contribution in [3.8, 4) is 11.8 Å². The number of hydrogen-bond donors (Lipinski definition) is 1. The van der Waals surface area contributed by atoms with Crippen molar-refractivity contribution in [3.05, 3.63) is 34.9 Å². The number of rotatable bonds is 1. The molecule has 0 spiro atoms. The Morgan fingerprint density at radius 1 is 1.38 bits per heavy atom. The first-order chi connectivity index (χ1) is 7.49. The van der Waals surface area contributed by atoms with Crippen LogP contribution in [-0.4, -0.2) is 12.8 Å². The maximum absolute atomic E-state index is 12.6. The van der Waals surface area contributed by atoms with Crippen molar-refractivity contribution >= 4 is 6.29 Å². The topological polar surface area (TPSA) is 43.1 Å². The number of aldehydes is 1. The van der Waals surface area contributed by atoms with E-state index in [1.54, 1.807) is 0 Å². The molecule has 16 heavy (non-hydrogen) atoms. The molecule has 2 nitrogen and oxygen atoms in total. The molecule has 0 amide bonds. The Labute approximate surface area is 90.3 Å². The van der Waals surface area contributed by atoms with E-state index in [2.05, 4.69) is 11.8 Å². The minimum Gasteiger partial charge on any atom is -0.320 e. The second kappa shape index (κ2) is 4.81. The lowest BCUT2D eigenvalue weighted by atomic mass is 10.0. The van der Waals surface area contributed by atoms with Gasteiger partial charge in [0.1, 0.15) is 6.29 Å². The summed E-state index contributed by atoms with van der Waals surface area (Å²) in [6, 6.07) is 3.21. The highest BCUT2D eigenvalue weighted by Gasteiger charge is 2.33. The van der Waals surface area contributed by atoms with Crippen LogP contribution in [0.1, 0.15) is 21.5 Å². The van der Waals surface area contributed by atoms with Gasteiger partial charge in [-0.05, 0) is 12.1 Å². The summed E-state index contributed by atoms with van der Waals surface area (Å²) in [7, 11) is 0. The van der Waals surface area contributed by atoms with Crippen LogP contribution in [0.5, 0.6) is 0 Å². The predicted molar refractivity (Wildman–Crippen MR) is 52.8 cm³/mol. The molecule has 1 rings (SSSR count). The molecule has 0 aliphatic carbocycles. The van der Waals surface area contributed by atoms with Crippen molar-refractivity contribution in [1.29, 1.82) is 0 Å². The Kier molecular flexibility index (Phi) is 3.69. The summed E-state index contributed by atoms with van der Waals surface area (Å²) in [6.07, 6.45) is -4.17. The lowest BCUT2D eigenvalue weighted by Gasteiger charge is -2.09. The number of carbonyl (C=O) groups is 1. The Hall–Kier alpha value is -1.80. The molecule has 5 heteroatoms. The second-order valence-corrected chi connectivity index (χ2v) is 2.93. The van der Waals surface area contributed by atoms with Gasteiger partial charge >= 0.3 is 6.18 Å². The summed E-state index contributed by atoms with van der Waals surface area (Å²) in [6.45, 7) is -0.0211. The summed E-state index contributed by atoms with van der Waals surface area (Å²) in [4.78, 5) is 10.4. The maximum atomic E-state index is 12.6. The molecule has 0 aliphatic heterocycles. The van der Waals surface area contributed by atoms with Crippen LogP contribution in [0.3, 0.4) is 0 Å². The van der Waals surface area contributed by atoms with E-state index in [4.69, 9.17) is 5.73 Å². The number of alkyl halides is 3. The molecule has 0 aromatic heterocycles. The highest BCUT2D eigenvalue weighted by Crippen LogP contribution is 2.32. The molecular formula is C11H8F3NO.